The van der Waals surface area contributed by atoms with E-state index in [0.717, 1.165) is 42.9 Å². The topological polar surface area (TPSA) is 52.7 Å². The number of carbonyl (C=O) groups excluding carboxylic acids is 2. The number of amides is 2. The summed E-state index contributed by atoms with van der Waals surface area (Å²) in [6, 6.07) is 19.2. The number of likely N-dealkylation sites (tertiary alicyclic amines) is 1. The largest absolute Gasteiger partial charge is 0.416 e. The molecule has 1 N–H and O–H groups in total. The minimum atomic E-state index is -4.43. The average molecular weight is 538 g/mol. The molecule has 3 aromatic carbocycles. The Morgan fingerprint density at radius 2 is 1.51 bits per heavy atom. The van der Waals surface area contributed by atoms with E-state index in [9.17, 15) is 22.8 Å². The van der Waals surface area contributed by atoms with Gasteiger partial charge in [0.05, 0.1) is 18.5 Å². The van der Waals surface area contributed by atoms with Gasteiger partial charge in [-0.2, -0.15) is 13.2 Å². The first-order valence-electron chi connectivity index (χ1n) is 13.3. The van der Waals surface area contributed by atoms with E-state index >= 15 is 0 Å². The highest BCUT2D eigenvalue weighted by atomic mass is 19.4. The lowest BCUT2D eigenvalue weighted by atomic mass is 10.0. The fourth-order valence-corrected chi connectivity index (χ4v) is 4.80. The van der Waals surface area contributed by atoms with Crippen LogP contribution in [0.2, 0.25) is 0 Å². The van der Waals surface area contributed by atoms with Crippen LogP contribution >= 0.6 is 0 Å². The van der Waals surface area contributed by atoms with Crippen LogP contribution in [-0.2, 0) is 23.9 Å². The molecule has 0 radical (unpaired) electrons. The molecular formula is C31H34F3N3O2. The number of hydrogen-bond acceptors (Lipinski definition) is 3. The second-order valence-corrected chi connectivity index (χ2v) is 10.00. The van der Waals surface area contributed by atoms with Crippen molar-refractivity contribution >= 4 is 17.5 Å². The van der Waals surface area contributed by atoms with Crippen molar-refractivity contribution in [2.75, 3.05) is 31.1 Å². The maximum absolute atomic E-state index is 13.6. The summed E-state index contributed by atoms with van der Waals surface area (Å²) in [4.78, 5) is 30.0. The van der Waals surface area contributed by atoms with Crippen LogP contribution in [0.1, 0.15) is 51.9 Å². The molecule has 0 unspecified atom stereocenters. The molecule has 0 saturated carbocycles. The van der Waals surface area contributed by atoms with E-state index < -0.39 is 11.7 Å². The van der Waals surface area contributed by atoms with E-state index in [1.54, 1.807) is 29.2 Å². The molecule has 2 amide bonds. The summed E-state index contributed by atoms with van der Waals surface area (Å²) in [7, 11) is 0. The highest BCUT2D eigenvalue weighted by Gasteiger charge is 2.30. The fraction of sp³-hybridized carbons (Fsp3) is 0.355. The van der Waals surface area contributed by atoms with Crippen molar-refractivity contribution < 1.29 is 22.8 Å². The highest BCUT2D eigenvalue weighted by Crippen LogP contribution is 2.30. The van der Waals surface area contributed by atoms with Gasteiger partial charge in [0.2, 0.25) is 5.91 Å². The molecule has 0 aromatic heterocycles. The van der Waals surface area contributed by atoms with E-state index in [0.29, 0.717) is 23.4 Å². The Morgan fingerprint density at radius 1 is 0.872 bits per heavy atom. The number of halogens is 3. The van der Waals surface area contributed by atoms with Gasteiger partial charge in [-0.1, -0.05) is 48.9 Å². The molecule has 1 saturated heterocycles. The van der Waals surface area contributed by atoms with Gasteiger partial charge in [0.15, 0.2) is 0 Å². The smallest absolute Gasteiger partial charge is 0.355 e. The summed E-state index contributed by atoms with van der Waals surface area (Å²) in [6.45, 7) is 5.58. The average Bonchev–Trinajstić information content (AvgIpc) is 2.92. The summed E-state index contributed by atoms with van der Waals surface area (Å²) in [6.07, 6.45) is -0.502. The zero-order valence-electron chi connectivity index (χ0n) is 22.1. The number of carbonyl (C=O) groups is 2. The number of hydrogen-bond donors (Lipinski definition) is 1. The zero-order valence-corrected chi connectivity index (χ0v) is 22.1. The molecule has 39 heavy (non-hydrogen) atoms. The molecule has 1 fully saturated rings. The van der Waals surface area contributed by atoms with E-state index in [1.165, 1.54) is 31.4 Å². The molecular weight excluding hydrogens is 503 g/mol. The Kier molecular flexibility index (Phi) is 9.41. The van der Waals surface area contributed by atoms with Gasteiger partial charge in [-0.3, -0.25) is 9.59 Å². The minimum absolute atomic E-state index is 0.0580. The second kappa shape index (κ2) is 12.9. The van der Waals surface area contributed by atoms with Gasteiger partial charge in [0, 0.05) is 24.3 Å². The molecule has 1 aliphatic rings. The Balaban J connectivity index is 1.45. The molecule has 1 heterocycles. The molecule has 0 aliphatic carbocycles. The lowest BCUT2D eigenvalue weighted by Gasteiger charge is -2.26. The SMILES string of the molecule is Cc1ccccc1C(=O)N(Cc1ccc(C(F)(F)F)cc1)c1ccc(CC(=O)NCCN2CCCCC2)cc1. The van der Waals surface area contributed by atoms with Crippen molar-refractivity contribution in [1.29, 1.82) is 0 Å². The number of aryl methyl sites for hydroxylation is 1. The van der Waals surface area contributed by atoms with Crippen molar-refractivity contribution in [2.45, 2.75) is 45.3 Å². The van der Waals surface area contributed by atoms with Crippen LogP contribution in [0, 0.1) is 6.92 Å². The van der Waals surface area contributed by atoms with E-state index in [4.69, 9.17) is 0 Å². The Labute approximate surface area is 227 Å². The number of nitrogens with zero attached hydrogens (tertiary/aromatic N) is 2. The summed E-state index contributed by atoms with van der Waals surface area (Å²) in [5, 5.41) is 2.98. The quantitative estimate of drug-likeness (QED) is 0.364. The first kappa shape index (κ1) is 28.4. The molecule has 0 bridgehead atoms. The number of piperidine rings is 1. The number of rotatable bonds is 9. The predicted molar refractivity (Wildman–Crippen MR) is 147 cm³/mol. The molecule has 4 rings (SSSR count). The standard InChI is InChI=1S/C31H34F3N3O2/c1-23-7-3-4-8-28(23)30(39)37(22-25-9-13-26(14-10-25)31(32,33)34)27-15-11-24(12-16-27)21-29(38)35-17-20-36-18-5-2-6-19-36/h3-4,7-16H,2,5-6,17-22H2,1H3,(H,35,38). The molecule has 3 aromatic rings. The minimum Gasteiger partial charge on any atom is -0.355 e. The molecule has 0 atom stereocenters. The van der Waals surface area contributed by atoms with E-state index in [-0.39, 0.29) is 24.8 Å². The second-order valence-electron chi connectivity index (χ2n) is 10.00. The van der Waals surface area contributed by atoms with Crippen molar-refractivity contribution in [1.82, 2.24) is 10.2 Å². The number of anilines is 1. The third-order valence-electron chi connectivity index (χ3n) is 7.05. The predicted octanol–water partition coefficient (Wildman–Crippen LogP) is 6.01. The lowest BCUT2D eigenvalue weighted by molar-refractivity contribution is -0.137. The Bertz CT molecular complexity index is 1250. The van der Waals surface area contributed by atoms with E-state index in [1.807, 2.05) is 31.2 Å². The molecule has 0 spiro atoms. The number of benzene rings is 3. The summed E-state index contributed by atoms with van der Waals surface area (Å²) in [5.74, 6) is -0.312. The van der Waals surface area contributed by atoms with Gasteiger partial charge >= 0.3 is 6.18 Å². The van der Waals surface area contributed by atoms with Gasteiger partial charge < -0.3 is 15.1 Å². The van der Waals surface area contributed by atoms with Crippen molar-refractivity contribution in [3.63, 3.8) is 0 Å². The zero-order chi connectivity index (χ0) is 27.8. The van der Waals surface area contributed by atoms with Gasteiger partial charge in [-0.15, -0.1) is 0 Å². The lowest BCUT2D eigenvalue weighted by Crippen LogP contribution is -2.38. The number of nitrogens with one attached hydrogen (secondary N) is 1. The fourth-order valence-electron chi connectivity index (χ4n) is 4.80. The first-order chi connectivity index (χ1) is 18.7. The summed E-state index contributed by atoms with van der Waals surface area (Å²) in [5.41, 5.74) is 2.56. The molecule has 1 aliphatic heterocycles. The van der Waals surface area contributed by atoms with Gasteiger partial charge in [-0.05, 0) is 79.9 Å². The third-order valence-corrected chi connectivity index (χ3v) is 7.05. The normalized spacial score (nSPS) is 14.2. The van der Waals surface area contributed by atoms with Crippen LogP contribution in [0.3, 0.4) is 0 Å². The summed E-state index contributed by atoms with van der Waals surface area (Å²) < 4.78 is 39.1. The van der Waals surface area contributed by atoms with Crippen molar-refractivity contribution in [3.8, 4) is 0 Å². The van der Waals surface area contributed by atoms with Crippen LogP contribution in [0.15, 0.2) is 72.8 Å². The van der Waals surface area contributed by atoms with Crippen molar-refractivity contribution in [2.24, 2.45) is 0 Å². The van der Waals surface area contributed by atoms with Crippen LogP contribution in [0.5, 0.6) is 0 Å². The van der Waals surface area contributed by atoms with Crippen LogP contribution < -0.4 is 10.2 Å². The van der Waals surface area contributed by atoms with E-state index in [2.05, 4.69) is 10.2 Å². The summed E-state index contributed by atoms with van der Waals surface area (Å²) >= 11 is 0. The highest BCUT2D eigenvalue weighted by molar-refractivity contribution is 6.07. The van der Waals surface area contributed by atoms with Crippen molar-refractivity contribution in [3.05, 3.63) is 101 Å². The Morgan fingerprint density at radius 3 is 2.15 bits per heavy atom. The van der Waals surface area contributed by atoms with Gasteiger partial charge in [0.25, 0.3) is 5.91 Å². The van der Waals surface area contributed by atoms with Crippen LogP contribution in [0.25, 0.3) is 0 Å². The monoisotopic (exact) mass is 537 g/mol. The molecule has 5 nitrogen and oxygen atoms in total. The number of alkyl halides is 3. The molecule has 8 heteroatoms. The maximum atomic E-state index is 13.6. The van der Waals surface area contributed by atoms with Gasteiger partial charge in [0.1, 0.15) is 0 Å². The maximum Gasteiger partial charge on any atom is 0.416 e. The third kappa shape index (κ3) is 7.93. The van der Waals surface area contributed by atoms with Gasteiger partial charge in [-0.25, -0.2) is 0 Å². The Hall–Kier alpha value is -3.65. The van der Waals surface area contributed by atoms with Crippen LogP contribution in [-0.4, -0.2) is 42.9 Å². The molecule has 206 valence electrons. The van der Waals surface area contributed by atoms with Crippen LogP contribution in [0.4, 0.5) is 18.9 Å². The first-order valence-corrected chi connectivity index (χ1v) is 13.3.